The average Bonchev–Trinajstić information content (AvgIpc) is 2.35. The largest absolute Gasteiger partial charge is 0.369 e. The van der Waals surface area contributed by atoms with Crippen molar-refractivity contribution < 1.29 is 4.74 Å². The molecule has 0 amide bonds. The van der Waals surface area contributed by atoms with Crippen molar-refractivity contribution in [1.82, 2.24) is 15.3 Å². The van der Waals surface area contributed by atoms with Gasteiger partial charge < -0.3 is 15.0 Å². The van der Waals surface area contributed by atoms with Crippen LogP contribution in [0.5, 0.6) is 0 Å². The predicted molar refractivity (Wildman–Crippen MR) is 74.3 cm³/mol. The smallest absolute Gasteiger partial charge is 0.136 e. The molecule has 5 nitrogen and oxygen atoms in total. The molecule has 5 heteroatoms. The van der Waals surface area contributed by atoms with Gasteiger partial charge in [0.1, 0.15) is 12.1 Å². The number of nitrogens with zero attached hydrogens (tertiary/aromatic N) is 3. The maximum absolute atomic E-state index is 5.97. The Labute approximate surface area is 114 Å². The van der Waals surface area contributed by atoms with Crippen molar-refractivity contribution >= 4 is 5.82 Å². The molecule has 3 heterocycles. The molecule has 1 fully saturated rings. The fourth-order valence-corrected chi connectivity index (χ4v) is 3.14. The number of hydrogen-bond donors (Lipinski definition) is 1. The monoisotopic (exact) mass is 262 g/mol. The molecule has 2 aliphatic rings. The summed E-state index contributed by atoms with van der Waals surface area (Å²) in [5.74, 6) is 1.08. The molecule has 19 heavy (non-hydrogen) atoms. The average molecular weight is 262 g/mol. The first-order valence-electron chi connectivity index (χ1n) is 7.01. The van der Waals surface area contributed by atoms with Gasteiger partial charge in [-0.1, -0.05) is 0 Å². The fourth-order valence-electron chi connectivity index (χ4n) is 3.14. The molecule has 1 N–H and O–H groups in total. The highest BCUT2D eigenvalue weighted by Gasteiger charge is 2.33. The Kier molecular flexibility index (Phi) is 3.19. The zero-order valence-corrected chi connectivity index (χ0v) is 11.9. The van der Waals surface area contributed by atoms with Crippen molar-refractivity contribution in [3.63, 3.8) is 0 Å². The second-order valence-electron chi connectivity index (χ2n) is 6.12. The van der Waals surface area contributed by atoms with Crippen molar-refractivity contribution in [2.75, 3.05) is 24.5 Å². The zero-order valence-electron chi connectivity index (χ0n) is 11.9. The van der Waals surface area contributed by atoms with E-state index >= 15 is 0 Å². The molecule has 0 saturated carbocycles. The van der Waals surface area contributed by atoms with Gasteiger partial charge >= 0.3 is 0 Å². The fraction of sp³-hybridized carbons (Fsp3) is 0.714. The number of morpholine rings is 1. The molecule has 1 saturated heterocycles. The van der Waals surface area contributed by atoms with E-state index in [4.69, 9.17) is 4.74 Å². The van der Waals surface area contributed by atoms with Crippen LogP contribution < -0.4 is 10.2 Å². The predicted octanol–water partition coefficient (Wildman–Crippen LogP) is 1.13. The highest BCUT2D eigenvalue weighted by Crippen LogP contribution is 2.28. The van der Waals surface area contributed by atoms with Crippen LogP contribution in [-0.2, 0) is 17.7 Å². The maximum Gasteiger partial charge on any atom is 0.136 e. The van der Waals surface area contributed by atoms with Crippen LogP contribution in [0.2, 0.25) is 0 Å². The number of anilines is 1. The van der Waals surface area contributed by atoms with E-state index in [1.54, 1.807) is 6.33 Å². The quantitative estimate of drug-likeness (QED) is 0.822. The molecule has 3 rings (SSSR count). The Hall–Kier alpha value is -1.20. The van der Waals surface area contributed by atoms with Crippen LogP contribution in [0.25, 0.3) is 0 Å². The van der Waals surface area contributed by atoms with E-state index in [-0.39, 0.29) is 11.7 Å². The van der Waals surface area contributed by atoms with Crippen molar-refractivity contribution in [1.29, 1.82) is 0 Å². The molecular weight excluding hydrogens is 240 g/mol. The normalized spacial score (nSPS) is 26.1. The van der Waals surface area contributed by atoms with Crippen LogP contribution >= 0.6 is 0 Å². The van der Waals surface area contributed by atoms with Gasteiger partial charge in [-0.05, 0) is 20.8 Å². The SMILES string of the molecule is CC1CN(c2ncnc3c2CNCC3)CC(C)(C)O1. The number of hydrogen-bond acceptors (Lipinski definition) is 5. The van der Waals surface area contributed by atoms with Gasteiger partial charge in [0.15, 0.2) is 0 Å². The summed E-state index contributed by atoms with van der Waals surface area (Å²) in [5, 5.41) is 3.41. The van der Waals surface area contributed by atoms with Crippen molar-refractivity contribution in [3.8, 4) is 0 Å². The summed E-state index contributed by atoms with van der Waals surface area (Å²) < 4.78 is 5.97. The van der Waals surface area contributed by atoms with Crippen LogP contribution in [0.3, 0.4) is 0 Å². The lowest BCUT2D eigenvalue weighted by atomic mass is 10.0. The third-order valence-electron chi connectivity index (χ3n) is 3.72. The van der Waals surface area contributed by atoms with Crippen LogP contribution in [0.4, 0.5) is 5.82 Å². The van der Waals surface area contributed by atoms with Crippen molar-refractivity contribution in [2.45, 2.75) is 45.4 Å². The highest BCUT2D eigenvalue weighted by atomic mass is 16.5. The molecule has 0 aromatic carbocycles. The Morgan fingerprint density at radius 2 is 2.26 bits per heavy atom. The van der Waals surface area contributed by atoms with E-state index in [1.165, 1.54) is 11.3 Å². The number of fused-ring (bicyclic) bond motifs is 1. The van der Waals surface area contributed by atoms with E-state index < -0.39 is 0 Å². The third-order valence-corrected chi connectivity index (χ3v) is 3.72. The Bertz CT molecular complexity index is 475. The van der Waals surface area contributed by atoms with Crippen LogP contribution in [0.1, 0.15) is 32.0 Å². The van der Waals surface area contributed by atoms with Gasteiger partial charge in [0, 0.05) is 38.2 Å². The Balaban J connectivity index is 1.93. The molecule has 104 valence electrons. The number of nitrogens with one attached hydrogen (secondary N) is 1. The van der Waals surface area contributed by atoms with E-state index in [1.807, 2.05) is 0 Å². The van der Waals surface area contributed by atoms with Crippen molar-refractivity contribution in [2.24, 2.45) is 0 Å². The van der Waals surface area contributed by atoms with E-state index in [0.29, 0.717) is 0 Å². The molecule has 0 spiro atoms. The molecule has 0 aliphatic carbocycles. The lowest BCUT2D eigenvalue weighted by Gasteiger charge is -2.43. The first-order chi connectivity index (χ1) is 9.05. The topological polar surface area (TPSA) is 50.3 Å². The van der Waals surface area contributed by atoms with Crippen LogP contribution in [0, 0.1) is 0 Å². The van der Waals surface area contributed by atoms with Gasteiger partial charge in [-0.25, -0.2) is 9.97 Å². The number of ether oxygens (including phenoxy) is 1. The van der Waals surface area contributed by atoms with Gasteiger partial charge in [-0.3, -0.25) is 0 Å². The number of rotatable bonds is 1. The molecule has 1 atom stereocenters. The first kappa shape index (κ1) is 12.8. The molecule has 2 aliphatic heterocycles. The molecule has 1 unspecified atom stereocenters. The summed E-state index contributed by atoms with van der Waals surface area (Å²) in [6, 6.07) is 0. The van der Waals surface area contributed by atoms with E-state index in [0.717, 1.165) is 38.4 Å². The molecular formula is C14H22N4O. The molecule has 1 aromatic heterocycles. The van der Waals surface area contributed by atoms with Crippen molar-refractivity contribution in [3.05, 3.63) is 17.6 Å². The summed E-state index contributed by atoms with van der Waals surface area (Å²) in [6.45, 7) is 10.1. The standard InChI is InChI=1S/C14H22N4O/c1-10-7-18(8-14(2,3)19-10)13-11-6-15-5-4-12(11)16-9-17-13/h9-10,15H,4-8H2,1-3H3. The second kappa shape index (κ2) is 4.72. The summed E-state index contributed by atoms with van der Waals surface area (Å²) in [7, 11) is 0. The summed E-state index contributed by atoms with van der Waals surface area (Å²) in [4.78, 5) is 11.3. The Morgan fingerprint density at radius 1 is 1.42 bits per heavy atom. The Morgan fingerprint density at radius 3 is 3.05 bits per heavy atom. The molecule has 0 bridgehead atoms. The van der Waals surface area contributed by atoms with Gasteiger partial charge in [0.05, 0.1) is 17.4 Å². The lowest BCUT2D eigenvalue weighted by molar-refractivity contribution is -0.0752. The van der Waals surface area contributed by atoms with Crippen LogP contribution in [0.15, 0.2) is 6.33 Å². The van der Waals surface area contributed by atoms with E-state index in [2.05, 4.69) is 41.0 Å². The lowest BCUT2D eigenvalue weighted by Crippen LogP contribution is -2.52. The second-order valence-corrected chi connectivity index (χ2v) is 6.12. The maximum atomic E-state index is 5.97. The summed E-state index contributed by atoms with van der Waals surface area (Å²) in [5.41, 5.74) is 2.33. The number of aromatic nitrogens is 2. The van der Waals surface area contributed by atoms with Crippen LogP contribution in [-0.4, -0.2) is 41.3 Å². The first-order valence-corrected chi connectivity index (χ1v) is 7.01. The van der Waals surface area contributed by atoms with Gasteiger partial charge in [-0.15, -0.1) is 0 Å². The van der Waals surface area contributed by atoms with E-state index in [9.17, 15) is 0 Å². The van der Waals surface area contributed by atoms with Gasteiger partial charge in [0.2, 0.25) is 0 Å². The summed E-state index contributed by atoms with van der Waals surface area (Å²) in [6.07, 6.45) is 2.92. The minimum absolute atomic E-state index is 0.127. The minimum atomic E-state index is -0.127. The highest BCUT2D eigenvalue weighted by molar-refractivity contribution is 5.50. The summed E-state index contributed by atoms with van der Waals surface area (Å²) >= 11 is 0. The molecule has 1 aromatic rings. The van der Waals surface area contributed by atoms with Gasteiger partial charge in [0.25, 0.3) is 0 Å². The van der Waals surface area contributed by atoms with Gasteiger partial charge in [-0.2, -0.15) is 0 Å². The zero-order chi connectivity index (χ0) is 13.5. The molecule has 0 radical (unpaired) electrons. The third kappa shape index (κ3) is 2.58. The minimum Gasteiger partial charge on any atom is -0.369 e.